The average Bonchev–Trinajstić information content (AvgIpc) is 1.41. The van der Waals surface area contributed by atoms with Crippen molar-refractivity contribution in [2.45, 2.75) is 0 Å². The second-order valence-corrected chi connectivity index (χ2v) is 0.958. The Bertz CT molecular complexity index is 76.7. The average molecular weight is 134 g/mol. The first-order chi connectivity index (χ1) is 2.41. The Morgan fingerprint density at radius 3 is 1.50 bits per heavy atom. The Kier molecular flexibility index (Phi) is 14.7. The van der Waals surface area contributed by atoms with Crippen molar-refractivity contribution in [3.8, 4) is 10.0 Å². The molecule has 0 unspecified atom stereocenters. The minimum absolute atomic E-state index is 0. The van der Waals surface area contributed by atoms with Gasteiger partial charge in [-0.1, -0.05) is 0 Å². The van der Waals surface area contributed by atoms with E-state index in [1.165, 1.54) is 0 Å². The van der Waals surface area contributed by atoms with Crippen LogP contribution >= 0.6 is 0 Å². The Morgan fingerprint density at radius 2 is 1.50 bits per heavy atom. The molecule has 0 saturated heterocycles. The second-order valence-electron chi connectivity index (χ2n) is 0.232. The molecule has 0 aliphatic rings. The van der Waals surface area contributed by atoms with Crippen LogP contribution in [0.3, 0.4) is 0 Å². The van der Waals surface area contributed by atoms with Crippen LogP contribution in [0.25, 0.3) is 0 Å². The number of hydrogen-bond acceptors (Lipinski definition) is 2. The molecule has 0 aromatic heterocycles. The molecular formula is C2CoN2Na. The van der Waals surface area contributed by atoms with Crippen LogP contribution in [0.2, 0.25) is 0 Å². The van der Waals surface area contributed by atoms with Crippen LogP contribution in [0.5, 0.6) is 0 Å². The van der Waals surface area contributed by atoms with Gasteiger partial charge in [0.05, 0.1) is 0 Å². The zero-order chi connectivity index (χ0) is 4.12. The van der Waals surface area contributed by atoms with Crippen molar-refractivity contribution in [3.05, 3.63) is 0 Å². The van der Waals surface area contributed by atoms with Crippen molar-refractivity contribution in [1.29, 1.82) is 10.5 Å². The molecule has 4 heteroatoms. The van der Waals surface area contributed by atoms with E-state index in [0.29, 0.717) is 0 Å². The van der Waals surface area contributed by atoms with Crippen molar-refractivity contribution in [1.82, 2.24) is 0 Å². The number of nitrogens with zero attached hydrogens (tertiary/aromatic N) is 2. The van der Waals surface area contributed by atoms with E-state index in [0.717, 1.165) is 0 Å². The zero-order valence-electron chi connectivity index (χ0n) is 3.23. The van der Waals surface area contributed by atoms with Gasteiger partial charge in [-0.2, -0.15) is 0 Å². The predicted octanol–water partition coefficient (Wildman–Crippen LogP) is -0.350. The summed E-state index contributed by atoms with van der Waals surface area (Å²) in [6, 6.07) is 0. The van der Waals surface area contributed by atoms with E-state index in [9.17, 15) is 0 Å². The summed E-state index contributed by atoms with van der Waals surface area (Å²) >= 11 is 0.215. The van der Waals surface area contributed by atoms with Crippen molar-refractivity contribution in [3.63, 3.8) is 0 Å². The Balaban J connectivity index is 0. The van der Waals surface area contributed by atoms with Gasteiger partial charge in [0, 0.05) is 29.6 Å². The summed E-state index contributed by atoms with van der Waals surface area (Å²) in [4.78, 5) is 0. The van der Waals surface area contributed by atoms with Crippen LogP contribution in [0, 0.1) is 20.5 Å². The topological polar surface area (TPSA) is 47.6 Å². The molecule has 0 spiro atoms. The molecule has 0 fully saturated rings. The molecule has 0 saturated carbocycles. The van der Waals surface area contributed by atoms with Gasteiger partial charge in [-0.05, 0) is 0 Å². The molecule has 28 valence electrons. The minimum Gasteiger partial charge on any atom is 0 e. The van der Waals surface area contributed by atoms with E-state index in [-0.39, 0.29) is 44.3 Å². The predicted molar refractivity (Wildman–Crippen MR) is 17.0 cm³/mol. The molecule has 6 heavy (non-hydrogen) atoms. The molecule has 0 N–H and O–H groups in total. The number of rotatable bonds is 0. The van der Waals surface area contributed by atoms with E-state index in [2.05, 4.69) is 0 Å². The first-order valence-corrected chi connectivity index (χ1v) is 1.82. The maximum Gasteiger partial charge on any atom is 0 e. The molecule has 0 aromatic carbocycles. The molecule has 0 aromatic rings. The van der Waals surface area contributed by atoms with Gasteiger partial charge < -0.3 is 0 Å². The van der Waals surface area contributed by atoms with Gasteiger partial charge in [-0.3, -0.25) is 0 Å². The second kappa shape index (κ2) is 9.09. The van der Waals surface area contributed by atoms with Crippen molar-refractivity contribution >= 4 is 29.6 Å². The quantitative estimate of drug-likeness (QED) is 0.425. The van der Waals surface area contributed by atoms with Gasteiger partial charge in [0.2, 0.25) is 0 Å². The third kappa shape index (κ3) is 8.82. The summed E-state index contributed by atoms with van der Waals surface area (Å²) in [5.74, 6) is 0. The van der Waals surface area contributed by atoms with E-state index in [1.807, 2.05) is 0 Å². The van der Waals surface area contributed by atoms with Crippen molar-refractivity contribution < 1.29 is 14.7 Å². The molecular weight excluding hydrogens is 134 g/mol. The number of hydrogen-bond donors (Lipinski definition) is 0. The van der Waals surface area contributed by atoms with Crippen LogP contribution in [0.1, 0.15) is 0 Å². The molecule has 0 aliphatic heterocycles. The van der Waals surface area contributed by atoms with Crippen LogP contribution in [-0.2, 0) is 14.7 Å². The monoisotopic (exact) mass is 134 g/mol. The normalized spacial score (nSPS) is 4.33. The molecule has 0 rings (SSSR count). The third-order valence-electron chi connectivity index (χ3n) is 0.0745. The van der Waals surface area contributed by atoms with Gasteiger partial charge in [-0.25, -0.2) is 0 Å². The fraction of sp³-hybridized carbons (Fsp3) is 0. The Hall–Kier alpha value is 0.486. The summed E-state index contributed by atoms with van der Waals surface area (Å²) < 4.78 is 0. The minimum atomic E-state index is 0. The molecule has 0 amide bonds. The van der Waals surface area contributed by atoms with Gasteiger partial charge in [0.25, 0.3) is 0 Å². The SMILES string of the molecule is N#[C][Co][C]#N.[Na]. The van der Waals surface area contributed by atoms with E-state index >= 15 is 0 Å². The van der Waals surface area contributed by atoms with Gasteiger partial charge in [-0.15, -0.1) is 0 Å². The summed E-state index contributed by atoms with van der Waals surface area (Å²) in [6.45, 7) is 0. The fourth-order valence-electron chi connectivity index (χ4n) is 0.0167. The molecule has 0 bridgehead atoms. The van der Waals surface area contributed by atoms with E-state index in [1.54, 1.807) is 10.0 Å². The first kappa shape index (κ1) is 9.70. The number of nitriles is 2. The van der Waals surface area contributed by atoms with Crippen molar-refractivity contribution in [2.75, 3.05) is 0 Å². The molecule has 2 nitrogen and oxygen atoms in total. The summed E-state index contributed by atoms with van der Waals surface area (Å²) in [6.07, 6.45) is 0. The molecule has 1 radical (unpaired) electrons. The van der Waals surface area contributed by atoms with Crippen LogP contribution in [0.15, 0.2) is 0 Å². The van der Waals surface area contributed by atoms with Crippen molar-refractivity contribution in [2.24, 2.45) is 0 Å². The molecule has 0 aliphatic carbocycles. The third-order valence-corrected chi connectivity index (χ3v) is 0.307. The summed E-state index contributed by atoms with van der Waals surface area (Å²) in [5.41, 5.74) is 0. The first-order valence-electron chi connectivity index (χ1n) is 0.781. The fourth-order valence-corrected chi connectivity index (χ4v) is 0.0687. The summed E-state index contributed by atoms with van der Waals surface area (Å²) in [7, 11) is 0. The zero-order valence-corrected chi connectivity index (χ0v) is 6.27. The maximum atomic E-state index is 7.58. The van der Waals surface area contributed by atoms with E-state index in [4.69, 9.17) is 10.5 Å². The smallest absolute Gasteiger partial charge is 0 e. The van der Waals surface area contributed by atoms with Gasteiger partial charge in [0.15, 0.2) is 0 Å². The van der Waals surface area contributed by atoms with Crippen LogP contribution < -0.4 is 0 Å². The van der Waals surface area contributed by atoms with Crippen LogP contribution in [-0.4, -0.2) is 29.6 Å². The van der Waals surface area contributed by atoms with Gasteiger partial charge >= 0.3 is 35.2 Å². The van der Waals surface area contributed by atoms with Crippen LogP contribution in [0.4, 0.5) is 0 Å². The molecule has 0 heterocycles. The largest absolute Gasteiger partial charge is 0 e. The summed E-state index contributed by atoms with van der Waals surface area (Å²) in [5, 5.41) is 18.4. The van der Waals surface area contributed by atoms with E-state index < -0.39 is 0 Å². The molecule has 0 atom stereocenters. The van der Waals surface area contributed by atoms with Gasteiger partial charge in [0.1, 0.15) is 0 Å². The standard InChI is InChI=1S/2CN.Co.Na/c2*1-2;;. The Labute approximate surface area is 64.4 Å². The Morgan fingerprint density at radius 1 is 1.17 bits per heavy atom. The maximum absolute atomic E-state index is 7.58.